The lowest BCUT2D eigenvalue weighted by molar-refractivity contribution is -0.113. The van der Waals surface area contributed by atoms with E-state index in [0.29, 0.717) is 15.1 Å². The van der Waals surface area contributed by atoms with Crippen molar-refractivity contribution in [1.82, 2.24) is 25.1 Å². The number of anilines is 1. The molecule has 2 aromatic heterocycles. The van der Waals surface area contributed by atoms with Gasteiger partial charge in [-0.2, -0.15) is 4.52 Å². The molecule has 3 rings (SSSR count). The summed E-state index contributed by atoms with van der Waals surface area (Å²) in [7, 11) is 0. The van der Waals surface area contributed by atoms with E-state index in [2.05, 4.69) is 25.9 Å². The van der Waals surface area contributed by atoms with Gasteiger partial charge in [0.1, 0.15) is 5.60 Å². The van der Waals surface area contributed by atoms with Gasteiger partial charge in [0.25, 0.3) is 0 Å². The van der Waals surface area contributed by atoms with Crippen LogP contribution in [0.15, 0.2) is 22.5 Å². The van der Waals surface area contributed by atoms with Crippen molar-refractivity contribution in [3.63, 3.8) is 0 Å². The Bertz CT molecular complexity index is 1150. The number of carbonyl (C=O) groups excluding carboxylic acids is 2. The van der Waals surface area contributed by atoms with Crippen LogP contribution in [0.3, 0.4) is 0 Å². The number of hydrogen-bond acceptors (Lipinski definition) is 8. The first-order valence-corrected chi connectivity index (χ1v) is 12.4. The van der Waals surface area contributed by atoms with E-state index >= 15 is 0 Å². The molecule has 33 heavy (non-hydrogen) atoms. The third-order valence-electron chi connectivity index (χ3n) is 4.60. The highest BCUT2D eigenvalue weighted by Gasteiger charge is 2.28. The van der Waals surface area contributed by atoms with Gasteiger partial charge < -0.3 is 15.4 Å². The van der Waals surface area contributed by atoms with Gasteiger partial charge in [-0.3, -0.25) is 4.79 Å². The number of ether oxygens (including phenoxy) is 1. The molecule has 0 aliphatic heterocycles. The number of nitrogens with zero attached hydrogens (tertiary/aromatic N) is 4. The third kappa shape index (κ3) is 6.67. The maximum atomic E-state index is 12.4. The van der Waals surface area contributed by atoms with Crippen molar-refractivity contribution < 1.29 is 14.3 Å². The van der Waals surface area contributed by atoms with Gasteiger partial charge in [0, 0.05) is 5.69 Å². The van der Waals surface area contributed by atoms with Crippen molar-refractivity contribution in [2.24, 2.45) is 5.92 Å². The molecule has 1 unspecified atom stereocenters. The minimum absolute atomic E-state index is 0.0336. The molecule has 0 saturated carbocycles. The Morgan fingerprint density at radius 3 is 2.58 bits per heavy atom. The first-order chi connectivity index (χ1) is 15.4. The summed E-state index contributed by atoms with van der Waals surface area (Å²) in [5, 5.41) is 18.8. The molecule has 0 aliphatic carbocycles. The second kappa shape index (κ2) is 10.1. The number of aryl methyl sites for hydroxylation is 2. The average Bonchev–Trinajstić information content (AvgIpc) is 3.25. The van der Waals surface area contributed by atoms with Gasteiger partial charge in [-0.1, -0.05) is 54.6 Å². The van der Waals surface area contributed by atoms with Crippen molar-refractivity contribution in [2.75, 3.05) is 11.1 Å². The van der Waals surface area contributed by atoms with Crippen LogP contribution >= 0.6 is 23.1 Å². The second-order valence-corrected chi connectivity index (χ2v) is 11.3. The van der Waals surface area contributed by atoms with Gasteiger partial charge in [0.2, 0.25) is 10.9 Å². The van der Waals surface area contributed by atoms with E-state index < -0.39 is 17.7 Å². The zero-order valence-corrected chi connectivity index (χ0v) is 21.6. The molecular weight excluding hydrogens is 460 g/mol. The van der Waals surface area contributed by atoms with E-state index in [1.54, 1.807) is 4.52 Å². The summed E-state index contributed by atoms with van der Waals surface area (Å²) in [6, 6.07) is 5.48. The Labute approximate surface area is 201 Å². The quantitative estimate of drug-likeness (QED) is 0.460. The fraction of sp³-hybridized carbons (Fsp3) is 0.500. The molecule has 2 amide bonds. The van der Waals surface area contributed by atoms with Crippen LogP contribution in [0.4, 0.5) is 10.5 Å². The maximum Gasteiger partial charge on any atom is 0.408 e. The van der Waals surface area contributed by atoms with Crippen molar-refractivity contribution in [2.45, 2.75) is 64.4 Å². The van der Waals surface area contributed by atoms with E-state index in [9.17, 15) is 9.59 Å². The fourth-order valence-electron chi connectivity index (χ4n) is 3.10. The number of aromatic nitrogens is 4. The maximum absolute atomic E-state index is 12.4. The monoisotopic (exact) mass is 490 g/mol. The van der Waals surface area contributed by atoms with Crippen LogP contribution in [-0.4, -0.2) is 43.2 Å². The number of nitrogens with one attached hydrogen (secondary N) is 2. The summed E-state index contributed by atoms with van der Waals surface area (Å²) in [6.07, 6.45) is -0.522. The molecule has 0 spiro atoms. The first kappa shape index (κ1) is 25.0. The van der Waals surface area contributed by atoms with Crippen molar-refractivity contribution in [1.29, 1.82) is 0 Å². The SMILES string of the molecule is Cc1ccc(NC(=O)CSc2nn3c(C(NC(=O)OC(C)(C)C)C(C)C)nnc3s2)c(C)c1. The zero-order valence-electron chi connectivity index (χ0n) is 19.9. The Balaban J connectivity index is 1.68. The smallest absolute Gasteiger partial charge is 0.408 e. The normalized spacial score (nSPS) is 12.7. The molecule has 178 valence electrons. The molecule has 2 heterocycles. The molecule has 2 N–H and O–H groups in total. The lowest BCUT2D eigenvalue weighted by atomic mass is 10.0. The minimum Gasteiger partial charge on any atom is -0.444 e. The average molecular weight is 491 g/mol. The molecular formula is C22H30N6O3S2. The van der Waals surface area contributed by atoms with E-state index in [4.69, 9.17) is 4.74 Å². The highest BCUT2D eigenvalue weighted by atomic mass is 32.2. The number of rotatable bonds is 7. The molecule has 11 heteroatoms. The molecule has 0 bridgehead atoms. The number of benzene rings is 1. The predicted octanol–water partition coefficient (Wildman–Crippen LogP) is 4.76. The van der Waals surface area contributed by atoms with Crippen LogP contribution in [0.5, 0.6) is 0 Å². The topological polar surface area (TPSA) is 111 Å². The standard InChI is InChI=1S/C22H30N6O3S2/c1-12(2)17(24-20(30)31-22(5,6)7)18-25-26-19-28(18)27-21(33-19)32-11-16(29)23-15-9-8-13(3)10-14(15)4/h8-10,12,17H,11H2,1-7H3,(H,23,29)(H,24,30). The Hall–Kier alpha value is -2.66. The van der Waals surface area contributed by atoms with Gasteiger partial charge in [-0.15, -0.1) is 15.3 Å². The second-order valence-electron chi connectivity index (χ2n) is 9.14. The number of fused-ring (bicyclic) bond motifs is 1. The molecule has 0 saturated heterocycles. The number of alkyl carbamates (subject to hydrolysis) is 1. The predicted molar refractivity (Wildman–Crippen MR) is 131 cm³/mol. The molecule has 3 aromatic rings. The Kier molecular flexibility index (Phi) is 7.63. The van der Waals surface area contributed by atoms with E-state index in [1.165, 1.54) is 23.1 Å². The van der Waals surface area contributed by atoms with Crippen LogP contribution in [0.2, 0.25) is 0 Å². The summed E-state index contributed by atoms with van der Waals surface area (Å²) in [4.78, 5) is 25.3. The lowest BCUT2D eigenvalue weighted by Gasteiger charge is -2.24. The molecule has 1 atom stereocenters. The summed E-state index contributed by atoms with van der Waals surface area (Å²) >= 11 is 2.68. The lowest BCUT2D eigenvalue weighted by Crippen LogP contribution is -2.37. The summed E-state index contributed by atoms with van der Waals surface area (Å²) in [5.41, 5.74) is 2.37. The van der Waals surface area contributed by atoms with Crippen molar-refractivity contribution in [3.05, 3.63) is 35.2 Å². The van der Waals surface area contributed by atoms with Crippen LogP contribution in [0.25, 0.3) is 4.96 Å². The Morgan fingerprint density at radius 2 is 1.94 bits per heavy atom. The molecule has 0 fully saturated rings. The van der Waals surface area contributed by atoms with Crippen LogP contribution < -0.4 is 10.6 Å². The van der Waals surface area contributed by atoms with Gasteiger partial charge in [-0.05, 0) is 52.2 Å². The van der Waals surface area contributed by atoms with Crippen LogP contribution in [0, 0.1) is 19.8 Å². The van der Waals surface area contributed by atoms with Gasteiger partial charge in [0.15, 0.2) is 10.2 Å². The third-order valence-corrected chi connectivity index (χ3v) is 6.63. The number of carbonyl (C=O) groups is 2. The van der Waals surface area contributed by atoms with Crippen molar-refractivity contribution in [3.8, 4) is 0 Å². The summed E-state index contributed by atoms with van der Waals surface area (Å²) < 4.78 is 7.70. The highest BCUT2D eigenvalue weighted by Crippen LogP contribution is 2.28. The molecule has 9 nitrogen and oxygen atoms in total. The van der Waals surface area contributed by atoms with E-state index in [0.717, 1.165) is 16.8 Å². The first-order valence-electron chi connectivity index (χ1n) is 10.6. The largest absolute Gasteiger partial charge is 0.444 e. The zero-order chi connectivity index (χ0) is 24.3. The number of hydrogen-bond donors (Lipinski definition) is 2. The van der Waals surface area contributed by atoms with E-state index in [1.807, 2.05) is 66.7 Å². The molecule has 0 aliphatic rings. The van der Waals surface area contributed by atoms with Gasteiger partial charge >= 0.3 is 6.09 Å². The van der Waals surface area contributed by atoms with E-state index in [-0.39, 0.29) is 17.6 Å². The number of amides is 2. The van der Waals surface area contributed by atoms with Crippen LogP contribution in [0.1, 0.15) is 57.6 Å². The van der Waals surface area contributed by atoms with Crippen LogP contribution in [-0.2, 0) is 9.53 Å². The van der Waals surface area contributed by atoms with Crippen molar-refractivity contribution >= 4 is 45.7 Å². The fourth-order valence-corrected chi connectivity index (χ4v) is 4.78. The van der Waals surface area contributed by atoms with Gasteiger partial charge in [0.05, 0.1) is 11.8 Å². The minimum atomic E-state index is -0.603. The number of thioether (sulfide) groups is 1. The molecule has 1 aromatic carbocycles. The summed E-state index contributed by atoms with van der Waals surface area (Å²) in [6.45, 7) is 13.4. The highest BCUT2D eigenvalue weighted by molar-refractivity contribution is 8.01. The molecule has 0 radical (unpaired) electrons. The Morgan fingerprint density at radius 1 is 1.21 bits per heavy atom. The summed E-state index contributed by atoms with van der Waals surface area (Å²) in [5.74, 6) is 0.668. The van der Waals surface area contributed by atoms with Gasteiger partial charge in [-0.25, -0.2) is 4.79 Å².